The van der Waals surface area contributed by atoms with E-state index < -0.39 is 96.0 Å². The third-order valence-corrected chi connectivity index (χ3v) is 14.0. The van der Waals surface area contributed by atoms with E-state index in [2.05, 4.69) is 5.32 Å². The molecular formula is C65H58F6N2O16. The molecule has 0 bridgehead atoms. The van der Waals surface area contributed by atoms with E-state index in [4.69, 9.17) is 34.2 Å². The number of nitrogens with two attached hydrogens (primary N) is 1. The molecule has 5 N–H and O–H groups in total. The molecule has 0 radical (unpaired) electrons. The summed E-state index contributed by atoms with van der Waals surface area (Å²) in [6.07, 6.45) is -5.53. The SMILES string of the molecule is Nc1ccc(CC(COC(=O)C=Cc2ccc(OC(=O)c3ccc(OCCCC(F)(F)F)cc3)cc2)(COC(=O)C=Cc2ccc(OC(=O)c3ccc(OCCCC(F)(F)F)cc3)cc2)Cc2ccc(NC(=O)C3C(C(=O)O)C(C=O)C3C(=O)O)cc2)cc1. The second kappa shape index (κ2) is 30.4. The highest BCUT2D eigenvalue weighted by Gasteiger charge is 2.61. The van der Waals surface area contributed by atoms with Crippen LogP contribution in [0, 0.1) is 29.1 Å². The molecular weight excluding hydrogens is 1180 g/mol. The normalized spacial score (nSPS) is 16.2. The van der Waals surface area contributed by atoms with Gasteiger partial charge in [-0.15, -0.1) is 0 Å². The number of hydrogen-bond donors (Lipinski definition) is 4. The molecule has 0 aliphatic heterocycles. The largest absolute Gasteiger partial charge is 0.494 e. The quantitative estimate of drug-likeness (QED) is 0.00646. The molecule has 1 aliphatic carbocycles. The summed E-state index contributed by atoms with van der Waals surface area (Å²) < 4.78 is 108. The van der Waals surface area contributed by atoms with Crippen molar-refractivity contribution in [3.63, 3.8) is 0 Å². The standard InChI is InChI=1S/C65H58F6N2O16/c66-64(67,68)31-1-33-84-48-25-13-44(14-26-48)61(82)88-50-21-7-40(8-22-50)11-29-53(75)86-38-63(35-42-3-17-46(72)18-4-42,36-43-5-19-47(20-6-43)73-58(77)57-55(59(78)79)52(37-74)56(57)60(80)81)39-87-54(76)30-12-41-9-23-51(24-10-41)89-62(83)45-15-27-49(28-16-45)85-34-2-32-65(69,70)71/h3-30,37,52,55-57H,1-2,31-36,38-39,72H2,(H,73,77)(H,78,79)(H,80,81). The molecule has 18 nitrogen and oxygen atoms in total. The van der Waals surface area contributed by atoms with Crippen LogP contribution in [0.3, 0.4) is 0 Å². The molecule has 1 fully saturated rings. The first kappa shape index (κ1) is 66.3. The third kappa shape index (κ3) is 20.4. The fraction of sp³-hybridized carbons (Fsp3) is 0.262. The Hall–Kier alpha value is -10.3. The van der Waals surface area contributed by atoms with E-state index in [9.17, 15) is 74.9 Å². The maximum atomic E-state index is 13.6. The van der Waals surface area contributed by atoms with Gasteiger partial charge in [0.1, 0.15) is 42.5 Å². The smallest absolute Gasteiger partial charge is 0.389 e. The van der Waals surface area contributed by atoms with Crippen LogP contribution < -0.4 is 30.0 Å². The van der Waals surface area contributed by atoms with Crippen molar-refractivity contribution < 1.29 is 103 Å². The van der Waals surface area contributed by atoms with Crippen LogP contribution in [0.5, 0.6) is 23.0 Å². The highest BCUT2D eigenvalue weighted by Crippen LogP contribution is 2.46. The lowest BCUT2D eigenvalue weighted by Gasteiger charge is -2.43. The van der Waals surface area contributed by atoms with Crippen LogP contribution in [0.15, 0.2) is 158 Å². The number of amides is 1. The fourth-order valence-corrected chi connectivity index (χ4v) is 9.45. The minimum Gasteiger partial charge on any atom is -0.494 e. The number of rotatable bonds is 29. The van der Waals surface area contributed by atoms with Crippen molar-refractivity contribution >= 4 is 71.5 Å². The van der Waals surface area contributed by atoms with Crippen molar-refractivity contribution in [2.75, 3.05) is 37.5 Å². The number of nitrogens with one attached hydrogen (secondary N) is 1. The number of ether oxygens (including phenoxy) is 6. The summed E-state index contributed by atoms with van der Waals surface area (Å²) in [6.45, 7) is -1.08. The third-order valence-electron chi connectivity index (χ3n) is 14.0. The van der Waals surface area contributed by atoms with Gasteiger partial charge in [0.25, 0.3) is 0 Å². The Morgan fingerprint density at radius 1 is 0.506 bits per heavy atom. The Bertz CT molecular complexity index is 3330. The average molecular weight is 1240 g/mol. The lowest BCUT2D eigenvalue weighted by Crippen LogP contribution is -2.59. The lowest BCUT2D eigenvalue weighted by atomic mass is 9.56. The first-order valence-electron chi connectivity index (χ1n) is 27.4. The number of aliphatic carboxylic acids is 2. The van der Waals surface area contributed by atoms with Crippen molar-refractivity contribution in [3.8, 4) is 23.0 Å². The molecule has 1 amide bonds. The van der Waals surface area contributed by atoms with Crippen molar-refractivity contribution in [1.82, 2.24) is 0 Å². The van der Waals surface area contributed by atoms with E-state index in [1.807, 2.05) is 0 Å². The molecule has 1 aliphatic rings. The second-order valence-electron chi connectivity index (χ2n) is 20.7. The highest BCUT2D eigenvalue weighted by atomic mass is 19.4. The van der Waals surface area contributed by atoms with E-state index in [1.165, 1.54) is 97.1 Å². The van der Waals surface area contributed by atoms with Gasteiger partial charge in [-0.3, -0.25) is 14.4 Å². The monoisotopic (exact) mass is 1240 g/mol. The number of carboxylic acid groups (broad SMARTS) is 2. The van der Waals surface area contributed by atoms with Crippen LogP contribution >= 0.6 is 0 Å². The minimum absolute atomic E-state index is 0.0400. The summed E-state index contributed by atoms with van der Waals surface area (Å²) in [5.74, 6) is -12.3. The fourth-order valence-electron chi connectivity index (χ4n) is 9.45. The number of esters is 4. The topological polar surface area (TPSA) is 270 Å². The number of anilines is 2. The zero-order valence-corrected chi connectivity index (χ0v) is 47.1. The molecule has 89 heavy (non-hydrogen) atoms. The van der Waals surface area contributed by atoms with Gasteiger partial charge in [0, 0.05) is 47.7 Å². The number of carboxylic acids is 2. The van der Waals surface area contributed by atoms with Crippen molar-refractivity contribution in [2.24, 2.45) is 29.1 Å². The number of hydrogen-bond acceptors (Lipinski definition) is 15. The maximum Gasteiger partial charge on any atom is 0.389 e. The van der Waals surface area contributed by atoms with Gasteiger partial charge >= 0.3 is 48.2 Å². The molecule has 1 saturated carbocycles. The summed E-state index contributed by atoms with van der Waals surface area (Å²) in [6, 6.07) is 36.3. The minimum atomic E-state index is -4.30. The first-order chi connectivity index (χ1) is 42.3. The van der Waals surface area contributed by atoms with Gasteiger partial charge in [-0.05, 0) is 157 Å². The van der Waals surface area contributed by atoms with Gasteiger partial charge in [0.15, 0.2) is 0 Å². The summed E-state index contributed by atoms with van der Waals surface area (Å²) in [5, 5.41) is 22.0. The number of carbonyl (C=O) groups is 8. The Balaban J connectivity index is 1.03. The second-order valence-corrected chi connectivity index (χ2v) is 20.7. The zero-order valence-electron chi connectivity index (χ0n) is 47.1. The Morgan fingerprint density at radius 3 is 1.26 bits per heavy atom. The van der Waals surface area contributed by atoms with Crippen molar-refractivity contribution in [3.05, 3.63) is 191 Å². The van der Waals surface area contributed by atoms with Gasteiger partial charge in [-0.25, -0.2) is 19.2 Å². The summed E-state index contributed by atoms with van der Waals surface area (Å²) in [7, 11) is 0. The van der Waals surface area contributed by atoms with Crippen LogP contribution in [0.2, 0.25) is 0 Å². The molecule has 466 valence electrons. The predicted octanol–water partition coefficient (Wildman–Crippen LogP) is 11.2. The molecule has 0 heterocycles. The molecule has 0 spiro atoms. The molecule has 2 atom stereocenters. The lowest BCUT2D eigenvalue weighted by molar-refractivity contribution is -0.176. The number of halogens is 6. The van der Waals surface area contributed by atoms with Gasteiger partial charge in [-0.2, -0.15) is 26.3 Å². The number of aldehydes is 1. The van der Waals surface area contributed by atoms with Crippen LogP contribution in [-0.4, -0.2) is 97.0 Å². The molecule has 24 heteroatoms. The number of benzene rings is 6. The first-order valence-corrected chi connectivity index (χ1v) is 27.4. The van der Waals surface area contributed by atoms with E-state index in [0.717, 1.165) is 12.2 Å². The molecule has 0 saturated heterocycles. The molecule has 6 aromatic carbocycles. The molecule has 2 unspecified atom stereocenters. The number of alkyl halides is 6. The van der Waals surface area contributed by atoms with Crippen molar-refractivity contribution in [2.45, 2.75) is 50.9 Å². The van der Waals surface area contributed by atoms with Crippen LogP contribution in [0.25, 0.3) is 12.2 Å². The van der Waals surface area contributed by atoms with E-state index in [-0.39, 0.29) is 98.2 Å². The predicted molar refractivity (Wildman–Crippen MR) is 308 cm³/mol. The van der Waals surface area contributed by atoms with Gasteiger partial charge < -0.3 is 54.5 Å². The summed E-state index contributed by atoms with van der Waals surface area (Å²) >= 11 is 0. The van der Waals surface area contributed by atoms with Crippen LogP contribution in [0.4, 0.5) is 37.7 Å². The van der Waals surface area contributed by atoms with Crippen LogP contribution in [-0.2, 0) is 51.1 Å². The van der Waals surface area contributed by atoms with Gasteiger partial charge in [0.2, 0.25) is 5.91 Å². The van der Waals surface area contributed by atoms with Crippen LogP contribution in [0.1, 0.15) is 68.7 Å². The van der Waals surface area contributed by atoms with E-state index in [1.54, 1.807) is 60.7 Å². The Labute approximate surface area is 504 Å². The van der Waals surface area contributed by atoms with Gasteiger partial charge in [-0.1, -0.05) is 48.5 Å². The number of carbonyl (C=O) groups excluding carboxylic acids is 6. The van der Waals surface area contributed by atoms with E-state index in [0.29, 0.717) is 27.9 Å². The number of nitrogen functional groups attached to an aromatic ring is 1. The van der Waals surface area contributed by atoms with E-state index >= 15 is 0 Å². The van der Waals surface area contributed by atoms with Gasteiger partial charge in [0.05, 0.1) is 42.1 Å². The molecule has 0 aromatic heterocycles. The summed E-state index contributed by atoms with van der Waals surface area (Å²) in [5.41, 5.74) is 7.87. The maximum absolute atomic E-state index is 13.6. The molecule has 7 rings (SSSR count). The zero-order chi connectivity index (χ0) is 64.3. The summed E-state index contributed by atoms with van der Waals surface area (Å²) in [4.78, 5) is 102. The highest BCUT2D eigenvalue weighted by molar-refractivity contribution is 6.02. The Kier molecular flexibility index (Phi) is 22.6. The average Bonchev–Trinajstić information content (AvgIpc) is 0.779. The van der Waals surface area contributed by atoms with Crippen molar-refractivity contribution in [1.29, 1.82) is 0 Å². The Morgan fingerprint density at radius 2 is 0.888 bits per heavy atom. The molecule has 6 aromatic rings.